The summed E-state index contributed by atoms with van der Waals surface area (Å²) < 4.78 is 10.3. The lowest BCUT2D eigenvalue weighted by atomic mass is 9.89. The first-order chi connectivity index (χ1) is 8.63. The Morgan fingerprint density at radius 2 is 2.06 bits per heavy atom. The molecule has 4 nitrogen and oxygen atoms in total. The van der Waals surface area contributed by atoms with E-state index >= 15 is 0 Å². The Labute approximate surface area is 108 Å². The second-order valence-corrected chi connectivity index (χ2v) is 5.22. The Morgan fingerprint density at radius 3 is 2.56 bits per heavy atom. The number of ether oxygens (including phenoxy) is 2. The molecule has 0 saturated carbocycles. The molecule has 1 fully saturated rings. The van der Waals surface area contributed by atoms with Crippen LogP contribution in [-0.2, 0) is 4.74 Å². The fourth-order valence-electron chi connectivity index (χ4n) is 2.01. The van der Waals surface area contributed by atoms with Crippen molar-refractivity contribution in [1.29, 1.82) is 0 Å². The molecule has 1 saturated heterocycles. The average molecular weight is 251 g/mol. The van der Waals surface area contributed by atoms with Crippen molar-refractivity contribution in [2.75, 3.05) is 33.4 Å². The minimum Gasteiger partial charge on any atom is -0.497 e. The first-order valence-electron chi connectivity index (χ1n) is 6.23. The molecular weight excluding hydrogens is 230 g/mol. The lowest BCUT2D eigenvalue weighted by Crippen LogP contribution is -2.47. The SMILES string of the molecule is COc1ccc(C(O)CNCC2(C)COC2)cc1. The van der Waals surface area contributed by atoms with Crippen LogP contribution >= 0.6 is 0 Å². The first-order valence-corrected chi connectivity index (χ1v) is 6.23. The molecule has 1 aromatic rings. The number of aliphatic hydroxyl groups is 1. The van der Waals surface area contributed by atoms with Crippen LogP contribution in [0.2, 0.25) is 0 Å². The third-order valence-electron chi connectivity index (χ3n) is 3.29. The standard InChI is InChI=1S/C14H21NO3/c1-14(9-18-10-14)8-15-7-13(16)11-3-5-12(17-2)6-4-11/h3-6,13,15-16H,7-10H2,1-2H3. The van der Waals surface area contributed by atoms with Crippen molar-refractivity contribution in [3.8, 4) is 5.75 Å². The lowest BCUT2D eigenvalue weighted by molar-refractivity contribution is -0.0996. The van der Waals surface area contributed by atoms with E-state index in [9.17, 15) is 5.11 Å². The minimum atomic E-state index is -0.486. The summed E-state index contributed by atoms with van der Waals surface area (Å²) in [6.07, 6.45) is -0.486. The number of hydrogen-bond donors (Lipinski definition) is 2. The molecular formula is C14H21NO3. The smallest absolute Gasteiger partial charge is 0.118 e. The molecule has 0 aliphatic carbocycles. The third kappa shape index (κ3) is 3.22. The average Bonchev–Trinajstić information content (AvgIpc) is 2.36. The van der Waals surface area contributed by atoms with Gasteiger partial charge in [0.05, 0.1) is 26.4 Å². The zero-order valence-corrected chi connectivity index (χ0v) is 11.0. The van der Waals surface area contributed by atoms with Crippen LogP contribution in [0.25, 0.3) is 0 Å². The summed E-state index contributed by atoms with van der Waals surface area (Å²) in [6.45, 7) is 5.22. The number of rotatable bonds is 6. The van der Waals surface area contributed by atoms with Crippen molar-refractivity contribution in [3.05, 3.63) is 29.8 Å². The highest BCUT2D eigenvalue weighted by molar-refractivity contribution is 5.28. The quantitative estimate of drug-likeness (QED) is 0.801. The fraction of sp³-hybridized carbons (Fsp3) is 0.571. The van der Waals surface area contributed by atoms with Gasteiger partial charge in [0, 0.05) is 18.5 Å². The lowest BCUT2D eigenvalue weighted by Gasteiger charge is -2.38. The molecule has 0 spiro atoms. The van der Waals surface area contributed by atoms with Crippen LogP contribution in [0.5, 0.6) is 5.75 Å². The molecule has 1 atom stereocenters. The molecule has 1 heterocycles. The van der Waals surface area contributed by atoms with Gasteiger partial charge in [0.1, 0.15) is 5.75 Å². The highest BCUT2D eigenvalue weighted by Crippen LogP contribution is 2.25. The van der Waals surface area contributed by atoms with E-state index in [2.05, 4.69) is 12.2 Å². The van der Waals surface area contributed by atoms with Crippen molar-refractivity contribution < 1.29 is 14.6 Å². The highest BCUT2D eigenvalue weighted by Gasteiger charge is 2.32. The summed E-state index contributed by atoms with van der Waals surface area (Å²) in [6, 6.07) is 7.50. The number of aliphatic hydroxyl groups excluding tert-OH is 1. The van der Waals surface area contributed by atoms with Gasteiger partial charge in [-0.25, -0.2) is 0 Å². The maximum absolute atomic E-state index is 10.0. The van der Waals surface area contributed by atoms with Crippen LogP contribution in [-0.4, -0.2) is 38.5 Å². The molecule has 1 unspecified atom stereocenters. The van der Waals surface area contributed by atoms with Gasteiger partial charge in [-0.05, 0) is 17.7 Å². The maximum atomic E-state index is 10.0. The maximum Gasteiger partial charge on any atom is 0.118 e. The van der Waals surface area contributed by atoms with Crippen molar-refractivity contribution in [2.45, 2.75) is 13.0 Å². The van der Waals surface area contributed by atoms with Gasteiger partial charge in [0.25, 0.3) is 0 Å². The van der Waals surface area contributed by atoms with Gasteiger partial charge in [0.15, 0.2) is 0 Å². The van der Waals surface area contributed by atoms with Crippen LogP contribution in [0.4, 0.5) is 0 Å². The molecule has 0 aromatic heterocycles. The Kier molecular flexibility index (Phi) is 4.22. The van der Waals surface area contributed by atoms with Crippen molar-refractivity contribution in [2.24, 2.45) is 5.41 Å². The van der Waals surface area contributed by atoms with E-state index in [1.807, 2.05) is 24.3 Å². The molecule has 2 rings (SSSR count). The molecule has 18 heavy (non-hydrogen) atoms. The largest absolute Gasteiger partial charge is 0.497 e. The molecule has 0 amide bonds. The molecule has 0 bridgehead atoms. The van der Waals surface area contributed by atoms with Crippen LogP contribution in [0.3, 0.4) is 0 Å². The van der Waals surface area contributed by atoms with Gasteiger partial charge in [-0.15, -0.1) is 0 Å². The summed E-state index contributed by atoms with van der Waals surface area (Å²) >= 11 is 0. The van der Waals surface area contributed by atoms with E-state index in [1.54, 1.807) is 7.11 Å². The van der Waals surface area contributed by atoms with Crippen molar-refractivity contribution >= 4 is 0 Å². The molecule has 2 N–H and O–H groups in total. The predicted molar refractivity (Wildman–Crippen MR) is 69.7 cm³/mol. The zero-order chi connectivity index (χ0) is 13.0. The van der Waals surface area contributed by atoms with E-state index in [0.29, 0.717) is 6.54 Å². The fourth-order valence-corrected chi connectivity index (χ4v) is 2.01. The van der Waals surface area contributed by atoms with Gasteiger partial charge in [-0.3, -0.25) is 0 Å². The number of nitrogens with one attached hydrogen (secondary N) is 1. The summed E-state index contributed by atoms with van der Waals surface area (Å²) in [7, 11) is 1.63. The topological polar surface area (TPSA) is 50.7 Å². The van der Waals surface area contributed by atoms with Gasteiger partial charge in [0.2, 0.25) is 0 Å². The van der Waals surface area contributed by atoms with Gasteiger partial charge >= 0.3 is 0 Å². The number of methoxy groups -OCH3 is 1. The zero-order valence-electron chi connectivity index (χ0n) is 11.0. The molecule has 4 heteroatoms. The molecule has 1 aromatic carbocycles. The van der Waals surface area contributed by atoms with Crippen molar-refractivity contribution in [1.82, 2.24) is 5.32 Å². The Balaban J connectivity index is 1.77. The van der Waals surface area contributed by atoms with Crippen LogP contribution in [0, 0.1) is 5.41 Å². The molecule has 0 radical (unpaired) electrons. The Bertz CT molecular complexity index is 373. The molecule has 1 aliphatic heterocycles. The second kappa shape index (κ2) is 5.69. The molecule has 1 aliphatic rings. The van der Waals surface area contributed by atoms with E-state index in [0.717, 1.165) is 31.1 Å². The Hall–Kier alpha value is -1.10. The van der Waals surface area contributed by atoms with E-state index in [1.165, 1.54) is 0 Å². The monoisotopic (exact) mass is 251 g/mol. The summed E-state index contributed by atoms with van der Waals surface area (Å²) in [5.74, 6) is 0.804. The van der Waals surface area contributed by atoms with Gasteiger partial charge < -0.3 is 19.9 Å². The Morgan fingerprint density at radius 1 is 1.39 bits per heavy atom. The van der Waals surface area contributed by atoms with Crippen molar-refractivity contribution in [3.63, 3.8) is 0 Å². The minimum absolute atomic E-state index is 0.236. The van der Waals surface area contributed by atoms with E-state index < -0.39 is 6.10 Å². The van der Waals surface area contributed by atoms with Crippen LogP contribution in [0.1, 0.15) is 18.6 Å². The normalized spacial score (nSPS) is 19.1. The second-order valence-electron chi connectivity index (χ2n) is 5.22. The van der Waals surface area contributed by atoms with E-state index in [-0.39, 0.29) is 5.41 Å². The summed E-state index contributed by atoms with van der Waals surface area (Å²) in [4.78, 5) is 0. The number of hydrogen-bond acceptors (Lipinski definition) is 4. The summed E-state index contributed by atoms with van der Waals surface area (Å²) in [5.41, 5.74) is 1.14. The predicted octanol–water partition coefficient (Wildman–Crippen LogP) is 1.35. The highest BCUT2D eigenvalue weighted by atomic mass is 16.5. The van der Waals surface area contributed by atoms with E-state index in [4.69, 9.17) is 9.47 Å². The summed E-state index contributed by atoms with van der Waals surface area (Å²) in [5, 5.41) is 13.3. The molecule has 100 valence electrons. The first kappa shape index (κ1) is 13.3. The third-order valence-corrected chi connectivity index (χ3v) is 3.29. The number of benzene rings is 1. The van der Waals surface area contributed by atoms with Crippen LogP contribution < -0.4 is 10.1 Å². The van der Waals surface area contributed by atoms with Gasteiger partial charge in [-0.2, -0.15) is 0 Å². The van der Waals surface area contributed by atoms with Gasteiger partial charge in [-0.1, -0.05) is 19.1 Å². The van der Waals surface area contributed by atoms with Crippen LogP contribution in [0.15, 0.2) is 24.3 Å².